The van der Waals surface area contributed by atoms with Crippen molar-refractivity contribution in [2.24, 2.45) is 7.05 Å². The fourth-order valence-electron chi connectivity index (χ4n) is 3.87. The summed E-state index contributed by atoms with van der Waals surface area (Å²) >= 11 is 0. The number of nitrogens with zero attached hydrogens (tertiary/aromatic N) is 5. The maximum Gasteiger partial charge on any atom is 0.272 e. The first-order valence-corrected chi connectivity index (χ1v) is 9.78. The molecule has 152 valence electrons. The van der Waals surface area contributed by atoms with Gasteiger partial charge in [0.25, 0.3) is 5.91 Å². The van der Waals surface area contributed by atoms with Crippen LogP contribution in [0.1, 0.15) is 51.4 Å². The number of carbonyl (C=O) groups excluding carboxylic acids is 1. The van der Waals surface area contributed by atoms with Gasteiger partial charge in [-0.25, -0.2) is 4.98 Å². The van der Waals surface area contributed by atoms with Crippen molar-refractivity contribution in [3.05, 3.63) is 64.5 Å². The number of amides is 1. The Bertz CT molecular complexity index is 1020. The minimum Gasteiger partial charge on any atom is -0.372 e. The lowest BCUT2D eigenvalue weighted by Crippen LogP contribution is -2.33. The first kappa shape index (κ1) is 19.3. The van der Waals surface area contributed by atoms with Crippen LogP contribution >= 0.6 is 0 Å². The molecule has 4 rings (SSSR count). The van der Waals surface area contributed by atoms with Crippen LogP contribution in [0.25, 0.3) is 0 Å². The van der Waals surface area contributed by atoms with Gasteiger partial charge in [-0.1, -0.05) is 29.8 Å². The van der Waals surface area contributed by atoms with Crippen LogP contribution in [0, 0.1) is 20.8 Å². The Morgan fingerprint density at radius 1 is 1.28 bits per heavy atom. The van der Waals surface area contributed by atoms with Crippen LogP contribution in [-0.2, 0) is 18.4 Å². The Labute approximate surface area is 169 Å². The van der Waals surface area contributed by atoms with Gasteiger partial charge in [0.05, 0.1) is 24.4 Å². The highest BCUT2D eigenvalue weighted by atomic mass is 16.5. The third kappa shape index (κ3) is 4.07. The maximum atomic E-state index is 13.3. The molecule has 1 saturated heterocycles. The van der Waals surface area contributed by atoms with Crippen molar-refractivity contribution in [3.63, 3.8) is 0 Å². The summed E-state index contributed by atoms with van der Waals surface area (Å²) in [5.41, 5.74) is 3.70. The molecule has 1 amide bonds. The van der Waals surface area contributed by atoms with Gasteiger partial charge in [0, 0.05) is 20.0 Å². The monoisotopic (exact) mass is 394 g/mol. The van der Waals surface area contributed by atoms with E-state index in [0.717, 1.165) is 17.1 Å². The number of carbonyl (C=O) groups is 1. The van der Waals surface area contributed by atoms with E-state index in [1.54, 1.807) is 16.6 Å². The Hall–Kier alpha value is -3.00. The molecule has 29 heavy (non-hydrogen) atoms. The standard InChI is InChI=1S/C21H26N6O2/c1-13-6-5-7-16(8-13)12-29-17-10-18(20-22-15(3)23-24-20)27(11-17)21(28)19-9-14(2)25-26(19)4/h5-9,17-18H,10-12H2,1-4H3,(H,22,23,24). The zero-order valence-corrected chi connectivity index (χ0v) is 17.2. The summed E-state index contributed by atoms with van der Waals surface area (Å²) in [7, 11) is 1.79. The number of benzene rings is 1. The highest BCUT2D eigenvalue weighted by Gasteiger charge is 2.40. The summed E-state index contributed by atoms with van der Waals surface area (Å²) in [5, 5.41) is 11.5. The quantitative estimate of drug-likeness (QED) is 0.719. The molecule has 3 aromatic rings. The zero-order valence-electron chi connectivity index (χ0n) is 17.2. The predicted octanol–water partition coefficient (Wildman–Crippen LogP) is 2.64. The molecular formula is C21H26N6O2. The summed E-state index contributed by atoms with van der Waals surface area (Å²) in [6.07, 6.45) is 0.573. The lowest BCUT2D eigenvalue weighted by atomic mass is 10.1. The number of likely N-dealkylation sites (tertiary alicyclic amines) is 1. The molecule has 2 aromatic heterocycles. The van der Waals surface area contributed by atoms with E-state index >= 15 is 0 Å². The van der Waals surface area contributed by atoms with Gasteiger partial charge in [0.1, 0.15) is 11.5 Å². The zero-order chi connectivity index (χ0) is 20.5. The van der Waals surface area contributed by atoms with Crippen molar-refractivity contribution in [3.8, 4) is 0 Å². The molecule has 0 aliphatic carbocycles. The normalized spacial score (nSPS) is 19.1. The van der Waals surface area contributed by atoms with Gasteiger partial charge >= 0.3 is 0 Å². The Morgan fingerprint density at radius 3 is 2.76 bits per heavy atom. The fraction of sp³-hybridized carbons (Fsp3) is 0.429. The van der Waals surface area contributed by atoms with Crippen molar-refractivity contribution in [2.45, 2.75) is 45.9 Å². The van der Waals surface area contributed by atoms with E-state index in [1.807, 2.05) is 26.0 Å². The number of aryl methyl sites for hydroxylation is 4. The van der Waals surface area contributed by atoms with Gasteiger partial charge in [-0.2, -0.15) is 10.2 Å². The molecule has 1 aliphatic heterocycles. The van der Waals surface area contributed by atoms with Crippen molar-refractivity contribution < 1.29 is 9.53 Å². The molecule has 2 atom stereocenters. The number of aromatic amines is 1. The van der Waals surface area contributed by atoms with Crippen LogP contribution in [0.3, 0.4) is 0 Å². The van der Waals surface area contributed by atoms with Gasteiger partial charge in [-0.05, 0) is 32.4 Å². The van der Waals surface area contributed by atoms with Crippen LogP contribution in [0.5, 0.6) is 0 Å². The van der Waals surface area contributed by atoms with Crippen LogP contribution in [0.2, 0.25) is 0 Å². The topological polar surface area (TPSA) is 88.9 Å². The molecule has 1 aliphatic rings. The highest BCUT2D eigenvalue weighted by molar-refractivity contribution is 5.93. The van der Waals surface area contributed by atoms with E-state index in [1.165, 1.54) is 5.56 Å². The number of ether oxygens (including phenoxy) is 1. The van der Waals surface area contributed by atoms with E-state index < -0.39 is 0 Å². The van der Waals surface area contributed by atoms with Crippen molar-refractivity contribution in [2.75, 3.05) is 6.54 Å². The van der Waals surface area contributed by atoms with Gasteiger partial charge in [-0.3, -0.25) is 14.6 Å². The molecule has 0 saturated carbocycles. The molecule has 8 heteroatoms. The Morgan fingerprint density at radius 2 is 2.10 bits per heavy atom. The minimum absolute atomic E-state index is 0.0813. The maximum absolute atomic E-state index is 13.3. The average Bonchev–Trinajstić information content (AvgIpc) is 3.38. The van der Waals surface area contributed by atoms with Gasteiger partial charge in [0.2, 0.25) is 0 Å². The number of rotatable bonds is 5. The van der Waals surface area contributed by atoms with E-state index in [-0.39, 0.29) is 18.1 Å². The third-order valence-corrected chi connectivity index (χ3v) is 5.23. The van der Waals surface area contributed by atoms with E-state index in [2.05, 4.69) is 45.4 Å². The predicted molar refractivity (Wildman–Crippen MR) is 107 cm³/mol. The molecule has 0 radical (unpaired) electrons. The van der Waals surface area contributed by atoms with Crippen LogP contribution in [0.15, 0.2) is 30.3 Å². The van der Waals surface area contributed by atoms with Crippen molar-refractivity contribution >= 4 is 5.91 Å². The first-order valence-electron chi connectivity index (χ1n) is 9.78. The number of H-pyrrole nitrogens is 1. The lowest BCUT2D eigenvalue weighted by molar-refractivity contribution is 0.0434. The second-order valence-electron chi connectivity index (χ2n) is 7.70. The van der Waals surface area contributed by atoms with Gasteiger partial charge in [-0.15, -0.1) is 0 Å². The molecule has 2 unspecified atom stereocenters. The Balaban J connectivity index is 1.54. The van der Waals surface area contributed by atoms with E-state index in [4.69, 9.17) is 4.74 Å². The summed E-state index contributed by atoms with van der Waals surface area (Å²) < 4.78 is 7.80. The molecule has 1 N–H and O–H groups in total. The van der Waals surface area contributed by atoms with Gasteiger partial charge in [0.15, 0.2) is 5.82 Å². The second kappa shape index (κ2) is 7.79. The lowest BCUT2D eigenvalue weighted by Gasteiger charge is -2.22. The summed E-state index contributed by atoms with van der Waals surface area (Å²) in [6.45, 7) is 6.81. The molecule has 0 bridgehead atoms. The second-order valence-corrected chi connectivity index (χ2v) is 7.70. The third-order valence-electron chi connectivity index (χ3n) is 5.23. The van der Waals surface area contributed by atoms with Crippen LogP contribution in [-0.4, -0.2) is 48.4 Å². The summed E-state index contributed by atoms with van der Waals surface area (Å²) in [5.74, 6) is 1.27. The molecule has 8 nitrogen and oxygen atoms in total. The molecular weight excluding hydrogens is 368 g/mol. The minimum atomic E-state index is -0.231. The van der Waals surface area contributed by atoms with E-state index in [0.29, 0.717) is 31.1 Å². The number of hydrogen-bond donors (Lipinski definition) is 1. The fourth-order valence-corrected chi connectivity index (χ4v) is 3.87. The highest BCUT2D eigenvalue weighted by Crippen LogP contribution is 2.33. The largest absolute Gasteiger partial charge is 0.372 e. The summed E-state index contributed by atoms with van der Waals surface area (Å²) in [4.78, 5) is 19.6. The average molecular weight is 394 g/mol. The molecule has 0 spiro atoms. The Kier molecular flexibility index (Phi) is 5.19. The van der Waals surface area contributed by atoms with Crippen LogP contribution < -0.4 is 0 Å². The molecule has 1 aromatic carbocycles. The SMILES string of the molecule is Cc1cccc(COC2CC(c3n[nH]c(C)n3)N(C(=O)c3cc(C)nn3C)C2)c1. The number of aromatic nitrogens is 5. The van der Waals surface area contributed by atoms with Gasteiger partial charge < -0.3 is 9.64 Å². The van der Waals surface area contributed by atoms with E-state index in [9.17, 15) is 4.79 Å². The first-order chi connectivity index (χ1) is 13.9. The van der Waals surface area contributed by atoms with Crippen molar-refractivity contribution in [1.82, 2.24) is 29.9 Å². The number of nitrogens with one attached hydrogen (secondary N) is 1. The smallest absolute Gasteiger partial charge is 0.272 e. The van der Waals surface area contributed by atoms with Crippen LogP contribution in [0.4, 0.5) is 0 Å². The number of hydrogen-bond acceptors (Lipinski definition) is 5. The van der Waals surface area contributed by atoms with Crippen molar-refractivity contribution in [1.29, 1.82) is 0 Å². The summed E-state index contributed by atoms with van der Waals surface area (Å²) in [6, 6.07) is 9.85. The molecule has 3 heterocycles. The molecule has 1 fully saturated rings.